The van der Waals surface area contributed by atoms with Crippen molar-refractivity contribution in [3.05, 3.63) is 29.6 Å². The van der Waals surface area contributed by atoms with E-state index in [4.69, 9.17) is 4.74 Å². The molecule has 0 aliphatic heterocycles. The van der Waals surface area contributed by atoms with E-state index in [1.54, 1.807) is 13.2 Å². The van der Waals surface area contributed by atoms with Crippen molar-refractivity contribution in [1.82, 2.24) is 0 Å². The Bertz CT molecular complexity index is 315. The summed E-state index contributed by atoms with van der Waals surface area (Å²) >= 11 is 1.29. The first kappa shape index (κ1) is 11.2. The van der Waals surface area contributed by atoms with Crippen LogP contribution in [-0.2, 0) is 4.74 Å². The third kappa shape index (κ3) is 2.82. The molecule has 0 atom stereocenters. The average molecular weight is 214 g/mol. The van der Waals surface area contributed by atoms with Gasteiger partial charge in [-0.25, -0.2) is 4.39 Å². The van der Waals surface area contributed by atoms with Crippen LogP contribution in [0.5, 0.6) is 0 Å². The van der Waals surface area contributed by atoms with Crippen molar-refractivity contribution in [3.8, 4) is 0 Å². The molecular formula is C10H11FO2S. The smallest absolute Gasteiger partial charge is 0.151 e. The molecular weight excluding hydrogens is 203 g/mol. The van der Waals surface area contributed by atoms with Gasteiger partial charge in [0.2, 0.25) is 0 Å². The molecule has 0 N–H and O–H groups in total. The summed E-state index contributed by atoms with van der Waals surface area (Å²) in [4.78, 5) is 11.0. The first-order valence-corrected chi connectivity index (χ1v) is 5.13. The Kier molecular flexibility index (Phi) is 4.62. The number of methoxy groups -OCH3 is 1. The molecule has 0 aliphatic carbocycles. The Morgan fingerprint density at radius 1 is 1.57 bits per heavy atom. The van der Waals surface area contributed by atoms with Gasteiger partial charge >= 0.3 is 0 Å². The summed E-state index contributed by atoms with van der Waals surface area (Å²) in [5.74, 6) is 0.286. The second-order valence-corrected chi connectivity index (χ2v) is 3.72. The van der Waals surface area contributed by atoms with Crippen LogP contribution in [0.2, 0.25) is 0 Å². The molecule has 2 nitrogen and oxygen atoms in total. The molecule has 14 heavy (non-hydrogen) atoms. The molecule has 1 rings (SSSR count). The molecule has 0 bridgehead atoms. The Hall–Kier alpha value is -0.870. The molecule has 4 heteroatoms. The number of benzene rings is 1. The Morgan fingerprint density at radius 2 is 2.36 bits per heavy atom. The zero-order valence-electron chi connectivity index (χ0n) is 7.83. The molecule has 0 aromatic heterocycles. The number of ether oxygens (including phenoxy) is 1. The van der Waals surface area contributed by atoms with Gasteiger partial charge in [-0.2, -0.15) is 0 Å². The maximum atomic E-state index is 13.2. The van der Waals surface area contributed by atoms with Gasteiger partial charge in [0.05, 0.1) is 11.5 Å². The van der Waals surface area contributed by atoms with Gasteiger partial charge in [0.15, 0.2) is 6.29 Å². The third-order valence-electron chi connectivity index (χ3n) is 1.66. The maximum Gasteiger partial charge on any atom is 0.151 e. The molecule has 0 fully saturated rings. The minimum absolute atomic E-state index is 0.351. The van der Waals surface area contributed by atoms with Crippen LogP contribution < -0.4 is 0 Å². The van der Waals surface area contributed by atoms with E-state index in [1.165, 1.54) is 23.9 Å². The molecule has 0 saturated carbocycles. The average Bonchev–Trinajstić information content (AvgIpc) is 2.20. The minimum Gasteiger partial charge on any atom is -0.384 e. The summed E-state index contributed by atoms with van der Waals surface area (Å²) in [6.45, 7) is 0.539. The van der Waals surface area contributed by atoms with E-state index >= 15 is 0 Å². The van der Waals surface area contributed by atoms with Crippen LogP contribution in [-0.4, -0.2) is 25.8 Å². The lowest BCUT2D eigenvalue weighted by Crippen LogP contribution is -1.95. The van der Waals surface area contributed by atoms with Gasteiger partial charge in [-0.15, -0.1) is 11.8 Å². The lowest BCUT2D eigenvalue weighted by atomic mass is 10.2. The first-order valence-electron chi connectivity index (χ1n) is 4.15. The van der Waals surface area contributed by atoms with Crippen LogP contribution in [0.3, 0.4) is 0 Å². The van der Waals surface area contributed by atoms with Crippen molar-refractivity contribution in [2.24, 2.45) is 0 Å². The Morgan fingerprint density at radius 3 is 3.00 bits per heavy atom. The normalized spacial score (nSPS) is 10.1. The van der Waals surface area contributed by atoms with E-state index in [0.29, 0.717) is 29.1 Å². The number of aldehydes is 1. The highest BCUT2D eigenvalue weighted by molar-refractivity contribution is 7.99. The number of hydrogen-bond acceptors (Lipinski definition) is 3. The fourth-order valence-electron chi connectivity index (χ4n) is 0.998. The molecule has 0 saturated heterocycles. The lowest BCUT2D eigenvalue weighted by molar-refractivity contribution is 0.112. The number of rotatable bonds is 5. The maximum absolute atomic E-state index is 13.2. The summed E-state index contributed by atoms with van der Waals surface area (Å²) < 4.78 is 18.1. The molecule has 1 aromatic rings. The molecule has 1 aromatic carbocycles. The zero-order chi connectivity index (χ0) is 10.4. The highest BCUT2D eigenvalue weighted by atomic mass is 32.2. The van der Waals surface area contributed by atoms with Gasteiger partial charge in [-0.3, -0.25) is 4.79 Å². The molecule has 0 aliphatic rings. The van der Waals surface area contributed by atoms with Gasteiger partial charge in [0, 0.05) is 18.4 Å². The van der Waals surface area contributed by atoms with Crippen LogP contribution in [0.15, 0.2) is 23.1 Å². The van der Waals surface area contributed by atoms with Crippen molar-refractivity contribution >= 4 is 18.0 Å². The van der Waals surface area contributed by atoms with Crippen molar-refractivity contribution < 1.29 is 13.9 Å². The fourth-order valence-corrected chi connectivity index (χ4v) is 1.94. The predicted molar refractivity (Wildman–Crippen MR) is 54.4 cm³/mol. The van der Waals surface area contributed by atoms with Crippen molar-refractivity contribution in [2.75, 3.05) is 19.5 Å². The number of carbonyl (C=O) groups is 1. The third-order valence-corrected chi connectivity index (χ3v) is 2.75. The quantitative estimate of drug-likeness (QED) is 0.427. The van der Waals surface area contributed by atoms with Crippen LogP contribution in [0.25, 0.3) is 0 Å². The number of halogens is 1. The Labute approximate surface area is 86.5 Å². The molecule has 0 unspecified atom stereocenters. The number of thioether (sulfide) groups is 1. The summed E-state index contributed by atoms with van der Waals surface area (Å²) in [7, 11) is 1.59. The van der Waals surface area contributed by atoms with Crippen molar-refractivity contribution in [3.63, 3.8) is 0 Å². The monoisotopic (exact) mass is 214 g/mol. The second kappa shape index (κ2) is 5.78. The minimum atomic E-state index is -0.351. The zero-order valence-corrected chi connectivity index (χ0v) is 8.64. The SMILES string of the molecule is COCCSc1c(F)cccc1C=O. The summed E-state index contributed by atoms with van der Waals surface area (Å²) in [6, 6.07) is 4.48. The highest BCUT2D eigenvalue weighted by Gasteiger charge is 2.07. The van der Waals surface area contributed by atoms with Gasteiger partial charge in [0.25, 0.3) is 0 Å². The molecule has 76 valence electrons. The fraction of sp³-hybridized carbons (Fsp3) is 0.300. The largest absolute Gasteiger partial charge is 0.384 e. The van der Waals surface area contributed by atoms with E-state index in [0.717, 1.165) is 0 Å². The summed E-state index contributed by atoms with van der Waals surface area (Å²) in [5.41, 5.74) is 0.395. The van der Waals surface area contributed by atoms with Gasteiger partial charge in [-0.1, -0.05) is 12.1 Å². The van der Waals surface area contributed by atoms with E-state index in [-0.39, 0.29) is 5.82 Å². The molecule has 0 heterocycles. The van der Waals surface area contributed by atoms with E-state index < -0.39 is 0 Å². The van der Waals surface area contributed by atoms with Crippen LogP contribution in [0.4, 0.5) is 4.39 Å². The predicted octanol–water partition coefficient (Wildman–Crippen LogP) is 2.38. The van der Waals surface area contributed by atoms with Crippen LogP contribution in [0, 0.1) is 5.82 Å². The lowest BCUT2D eigenvalue weighted by Gasteiger charge is -2.04. The van der Waals surface area contributed by atoms with Crippen LogP contribution in [0.1, 0.15) is 10.4 Å². The highest BCUT2D eigenvalue weighted by Crippen LogP contribution is 2.24. The van der Waals surface area contributed by atoms with E-state index in [1.807, 2.05) is 0 Å². The second-order valence-electron chi connectivity index (χ2n) is 2.62. The summed E-state index contributed by atoms with van der Waals surface area (Å²) in [6.07, 6.45) is 0.665. The summed E-state index contributed by atoms with van der Waals surface area (Å²) in [5, 5.41) is 0. The van der Waals surface area contributed by atoms with E-state index in [2.05, 4.69) is 0 Å². The first-order chi connectivity index (χ1) is 6.79. The molecule has 0 spiro atoms. The topological polar surface area (TPSA) is 26.3 Å². The van der Waals surface area contributed by atoms with Crippen molar-refractivity contribution in [2.45, 2.75) is 4.90 Å². The van der Waals surface area contributed by atoms with Gasteiger partial charge in [0.1, 0.15) is 5.82 Å². The molecule has 0 radical (unpaired) electrons. The molecule has 0 amide bonds. The number of carbonyl (C=O) groups excluding carboxylic acids is 1. The van der Waals surface area contributed by atoms with Gasteiger partial charge in [-0.05, 0) is 6.07 Å². The van der Waals surface area contributed by atoms with Gasteiger partial charge < -0.3 is 4.74 Å². The van der Waals surface area contributed by atoms with E-state index in [9.17, 15) is 9.18 Å². The number of hydrogen-bond donors (Lipinski definition) is 0. The Balaban J connectivity index is 2.77. The standard InChI is InChI=1S/C10H11FO2S/c1-13-5-6-14-10-8(7-12)3-2-4-9(10)11/h2-4,7H,5-6H2,1H3. The van der Waals surface area contributed by atoms with Crippen molar-refractivity contribution in [1.29, 1.82) is 0 Å². The van der Waals surface area contributed by atoms with Crippen LogP contribution >= 0.6 is 11.8 Å².